The van der Waals surface area contributed by atoms with Gasteiger partial charge in [0, 0.05) is 36.3 Å². The maximum absolute atomic E-state index is 14.3. The molecule has 0 amide bonds. The molecule has 3 aromatic rings. The van der Waals surface area contributed by atoms with Crippen LogP contribution in [0.15, 0.2) is 41.6 Å². The molecule has 5 rings (SSSR count). The minimum absolute atomic E-state index is 0.120. The number of hydrogen-bond donors (Lipinski definition) is 0. The molecule has 0 saturated heterocycles. The average molecular weight is 452 g/mol. The largest absolute Gasteiger partial charge is 0.493 e. The Morgan fingerprint density at radius 3 is 2.85 bits per heavy atom. The van der Waals surface area contributed by atoms with Crippen molar-refractivity contribution in [3.63, 3.8) is 0 Å². The fourth-order valence-corrected chi connectivity index (χ4v) is 4.68. The summed E-state index contributed by atoms with van der Waals surface area (Å²) in [6, 6.07) is 6.26. The van der Waals surface area contributed by atoms with Gasteiger partial charge in [-0.1, -0.05) is 13.8 Å². The van der Waals surface area contributed by atoms with Crippen molar-refractivity contribution < 1.29 is 13.9 Å². The van der Waals surface area contributed by atoms with Crippen molar-refractivity contribution in [3.05, 3.63) is 58.5 Å². The molecule has 0 fully saturated rings. The predicted octanol–water partition coefficient (Wildman–Crippen LogP) is 3.09. The van der Waals surface area contributed by atoms with Crippen LogP contribution in [0, 0.1) is 11.2 Å². The van der Waals surface area contributed by atoms with Gasteiger partial charge in [-0.05, 0) is 31.0 Å². The first kappa shape index (κ1) is 21.4. The zero-order valence-electron chi connectivity index (χ0n) is 18.9. The number of hydrogen-bond acceptors (Lipinski definition) is 7. The van der Waals surface area contributed by atoms with Crippen LogP contribution in [0.3, 0.4) is 0 Å². The highest BCUT2D eigenvalue weighted by molar-refractivity contribution is 5.55. The van der Waals surface area contributed by atoms with Gasteiger partial charge in [0.2, 0.25) is 5.95 Å². The number of benzene rings is 1. The van der Waals surface area contributed by atoms with Crippen LogP contribution < -0.4 is 19.9 Å². The maximum Gasteiger partial charge on any atom is 0.255 e. The highest BCUT2D eigenvalue weighted by Crippen LogP contribution is 2.39. The highest BCUT2D eigenvalue weighted by Gasteiger charge is 2.35. The summed E-state index contributed by atoms with van der Waals surface area (Å²) in [5.41, 5.74) is 1.40. The number of nitrogens with zero attached hydrogens (tertiary/aromatic N) is 5. The molecule has 9 heteroatoms. The molecule has 172 valence electrons. The molecule has 0 bridgehead atoms. The summed E-state index contributed by atoms with van der Waals surface area (Å²) in [6.45, 7) is 6.05. The van der Waals surface area contributed by atoms with Gasteiger partial charge in [-0.25, -0.2) is 19.3 Å². The van der Waals surface area contributed by atoms with E-state index in [-0.39, 0.29) is 22.9 Å². The molecule has 2 aromatic heterocycles. The number of ether oxygens (including phenoxy) is 2. The van der Waals surface area contributed by atoms with Crippen molar-refractivity contribution in [1.82, 2.24) is 19.5 Å². The van der Waals surface area contributed by atoms with Gasteiger partial charge >= 0.3 is 0 Å². The van der Waals surface area contributed by atoms with Gasteiger partial charge in [0.25, 0.3) is 5.56 Å². The standard InChI is InChI=1S/C24H26FN5O3/c1-24(2)12-29(11-15-4-5-16-17(25)6-7-20(32-3)22(16)33-15)23-28-19(10-21(31)30(23)13-24)18-8-9-26-14-27-18/h6-10,14-15H,4-5,11-13H2,1-3H3. The van der Waals surface area contributed by atoms with Crippen molar-refractivity contribution in [2.75, 3.05) is 25.1 Å². The summed E-state index contributed by atoms with van der Waals surface area (Å²) < 4.78 is 27.7. The second-order valence-electron chi connectivity index (χ2n) is 9.34. The number of methoxy groups -OCH3 is 1. The lowest BCUT2D eigenvalue weighted by Gasteiger charge is -2.42. The molecule has 0 radical (unpaired) electrons. The molecule has 2 aliphatic heterocycles. The number of rotatable bonds is 4. The van der Waals surface area contributed by atoms with E-state index in [1.165, 1.54) is 18.5 Å². The van der Waals surface area contributed by atoms with Gasteiger partial charge in [0.05, 0.1) is 25.0 Å². The lowest BCUT2D eigenvalue weighted by molar-refractivity contribution is 0.159. The monoisotopic (exact) mass is 451 g/mol. The molecule has 0 aliphatic carbocycles. The van der Waals surface area contributed by atoms with Gasteiger partial charge < -0.3 is 14.4 Å². The zero-order valence-corrected chi connectivity index (χ0v) is 18.9. The van der Waals surface area contributed by atoms with Gasteiger partial charge in [0.1, 0.15) is 18.2 Å². The Morgan fingerprint density at radius 2 is 2.09 bits per heavy atom. The SMILES string of the molecule is COc1ccc(F)c2c1OC(CN1CC(C)(C)Cn3c1nc(-c1ccncn1)cc3=O)CC2. The summed E-state index contributed by atoms with van der Waals surface area (Å²) in [7, 11) is 1.55. The number of aromatic nitrogens is 4. The fourth-order valence-electron chi connectivity index (χ4n) is 4.68. The van der Waals surface area contributed by atoms with Gasteiger partial charge in [0.15, 0.2) is 11.5 Å². The Balaban J connectivity index is 1.49. The van der Waals surface area contributed by atoms with E-state index >= 15 is 0 Å². The number of halogens is 1. The molecule has 33 heavy (non-hydrogen) atoms. The lowest BCUT2D eigenvalue weighted by Crippen LogP contribution is -2.50. The van der Waals surface area contributed by atoms with E-state index in [9.17, 15) is 9.18 Å². The second-order valence-corrected chi connectivity index (χ2v) is 9.34. The van der Waals surface area contributed by atoms with Crippen LogP contribution in [-0.2, 0) is 13.0 Å². The molecular formula is C24H26FN5O3. The third kappa shape index (κ3) is 4.03. The molecule has 0 spiro atoms. The molecular weight excluding hydrogens is 425 g/mol. The molecule has 1 aromatic carbocycles. The Hall–Kier alpha value is -3.49. The van der Waals surface area contributed by atoms with Crippen molar-refractivity contribution in [2.24, 2.45) is 5.41 Å². The van der Waals surface area contributed by atoms with Crippen LogP contribution in [0.4, 0.5) is 10.3 Å². The van der Waals surface area contributed by atoms with Crippen molar-refractivity contribution >= 4 is 5.95 Å². The minimum Gasteiger partial charge on any atom is -0.493 e. The lowest BCUT2D eigenvalue weighted by atomic mass is 9.90. The van der Waals surface area contributed by atoms with Crippen molar-refractivity contribution in [1.29, 1.82) is 0 Å². The average Bonchev–Trinajstić information content (AvgIpc) is 2.80. The molecule has 4 heterocycles. The van der Waals surface area contributed by atoms with E-state index < -0.39 is 0 Å². The van der Waals surface area contributed by atoms with E-state index in [0.717, 1.165) is 0 Å². The molecule has 0 saturated carbocycles. The quantitative estimate of drug-likeness (QED) is 0.603. The molecule has 0 N–H and O–H groups in total. The van der Waals surface area contributed by atoms with Gasteiger partial charge in [-0.15, -0.1) is 0 Å². The van der Waals surface area contributed by atoms with E-state index in [0.29, 0.717) is 66.9 Å². The topological polar surface area (TPSA) is 82.4 Å². The maximum atomic E-state index is 14.3. The van der Waals surface area contributed by atoms with Crippen LogP contribution in [0.5, 0.6) is 11.5 Å². The third-order valence-corrected chi connectivity index (χ3v) is 6.13. The van der Waals surface area contributed by atoms with Gasteiger partial charge in [-0.3, -0.25) is 9.36 Å². The smallest absolute Gasteiger partial charge is 0.255 e. The van der Waals surface area contributed by atoms with E-state index in [1.807, 2.05) is 0 Å². The van der Waals surface area contributed by atoms with E-state index in [1.54, 1.807) is 30.0 Å². The predicted molar refractivity (Wildman–Crippen MR) is 121 cm³/mol. The number of fused-ring (bicyclic) bond motifs is 2. The van der Waals surface area contributed by atoms with Crippen molar-refractivity contribution in [3.8, 4) is 22.9 Å². The minimum atomic E-state index is -0.281. The Kier molecular flexibility index (Phi) is 5.26. The second kappa shape index (κ2) is 8.13. The first-order valence-electron chi connectivity index (χ1n) is 11.0. The van der Waals surface area contributed by atoms with E-state index in [4.69, 9.17) is 14.5 Å². The van der Waals surface area contributed by atoms with Crippen LogP contribution >= 0.6 is 0 Å². The Bertz CT molecular complexity index is 1240. The van der Waals surface area contributed by atoms with E-state index in [2.05, 4.69) is 28.7 Å². The highest BCUT2D eigenvalue weighted by atomic mass is 19.1. The third-order valence-electron chi connectivity index (χ3n) is 6.13. The summed E-state index contributed by atoms with van der Waals surface area (Å²) in [5, 5.41) is 0. The zero-order chi connectivity index (χ0) is 23.2. The fraction of sp³-hybridized carbons (Fsp3) is 0.417. The molecule has 1 unspecified atom stereocenters. The molecule has 2 aliphatic rings. The number of anilines is 1. The first-order valence-corrected chi connectivity index (χ1v) is 11.0. The summed E-state index contributed by atoms with van der Waals surface area (Å²) >= 11 is 0. The summed E-state index contributed by atoms with van der Waals surface area (Å²) in [6.07, 6.45) is 4.08. The van der Waals surface area contributed by atoms with Crippen LogP contribution in [-0.4, -0.2) is 45.8 Å². The van der Waals surface area contributed by atoms with Crippen LogP contribution in [0.1, 0.15) is 25.8 Å². The Labute approximate surface area is 191 Å². The summed E-state index contributed by atoms with van der Waals surface area (Å²) in [5.74, 6) is 1.30. The van der Waals surface area contributed by atoms with Gasteiger partial charge in [-0.2, -0.15) is 0 Å². The van der Waals surface area contributed by atoms with Crippen LogP contribution in [0.2, 0.25) is 0 Å². The summed E-state index contributed by atoms with van der Waals surface area (Å²) in [4.78, 5) is 28.1. The molecule has 1 atom stereocenters. The Morgan fingerprint density at radius 1 is 1.24 bits per heavy atom. The van der Waals surface area contributed by atoms with Crippen molar-refractivity contribution in [2.45, 2.75) is 39.3 Å². The molecule has 8 nitrogen and oxygen atoms in total. The normalized spacial score (nSPS) is 18.8. The van der Waals surface area contributed by atoms with Crippen LogP contribution in [0.25, 0.3) is 11.4 Å². The first-order chi connectivity index (χ1) is 15.8.